The molecule has 1 amide bonds. The Kier molecular flexibility index (Phi) is 4.27. The zero-order valence-electron chi connectivity index (χ0n) is 14.3. The van der Waals surface area contributed by atoms with Crippen LogP contribution >= 0.6 is 0 Å². The third-order valence-electron chi connectivity index (χ3n) is 4.33. The highest BCUT2D eigenvalue weighted by molar-refractivity contribution is 5.93. The Bertz CT molecular complexity index is 1090. The number of nitrogens with one attached hydrogen (secondary N) is 1. The van der Waals surface area contributed by atoms with Gasteiger partial charge in [-0.25, -0.2) is 4.79 Å². The largest absolute Gasteiger partial charge is 0.422 e. The molecule has 0 aliphatic rings. The van der Waals surface area contributed by atoms with Crippen LogP contribution in [0.2, 0.25) is 0 Å². The maximum atomic E-state index is 12.2. The summed E-state index contributed by atoms with van der Waals surface area (Å²) in [6.07, 6.45) is 1.49. The molecular formula is C19H18N2O4. The Morgan fingerprint density at radius 3 is 2.64 bits per heavy atom. The van der Waals surface area contributed by atoms with E-state index in [9.17, 15) is 14.4 Å². The predicted octanol–water partition coefficient (Wildman–Crippen LogP) is 1.98. The van der Waals surface area contributed by atoms with Crippen LogP contribution in [-0.4, -0.2) is 17.5 Å². The number of carbonyl (C=O) groups is 1. The topological polar surface area (TPSA) is 81.3 Å². The first-order chi connectivity index (χ1) is 11.9. The number of pyridine rings is 1. The molecule has 0 bridgehead atoms. The van der Waals surface area contributed by atoms with Crippen molar-refractivity contribution in [3.8, 4) is 0 Å². The summed E-state index contributed by atoms with van der Waals surface area (Å²) in [6.45, 7) is 4.01. The fourth-order valence-corrected chi connectivity index (χ4v) is 2.77. The van der Waals surface area contributed by atoms with E-state index in [0.717, 1.165) is 16.5 Å². The third-order valence-corrected chi connectivity index (χ3v) is 4.33. The lowest BCUT2D eigenvalue weighted by Gasteiger charge is -2.11. The number of carbonyl (C=O) groups excluding carboxylic acids is 1. The van der Waals surface area contributed by atoms with Crippen LogP contribution in [0.25, 0.3) is 11.0 Å². The lowest BCUT2D eigenvalue weighted by atomic mass is 10.0. The molecule has 0 unspecified atom stereocenters. The summed E-state index contributed by atoms with van der Waals surface area (Å²) in [7, 11) is 1.53. The molecule has 0 aliphatic heterocycles. The summed E-state index contributed by atoms with van der Waals surface area (Å²) in [4.78, 5) is 35.9. The summed E-state index contributed by atoms with van der Waals surface area (Å²) in [5.41, 5.74) is 2.77. The van der Waals surface area contributed by atoms with E-state index in [1.54, 1.807) is 0 Å². The van der Waals surface area contributed by atoms with Crippen LogP contribution in [0.1, 0.15) is 27.0 Å². The Balaban J connectivity index is 2.16. The molecule has 25 heavy (non-hydrogen) atoms. The van der Waals surface area contributed by atoms with Gasteiger partial charge in [0.2, 0.25) is 0 Å². The van der Waals surface area contributed by atoms with Crippen molar-refractivity contribution in [2.75, 3.05) is 7.05 Å². The van der Waals surface area contributed by atoms with Gasteiger partial charge in [-0.15, -0.1) is 0 Å². The zero-order valence-corrected chi connectivity index (χ0v) is 14.3. The van der Waals surface area contributed by atoms with Crippen LogP contribution in [0, 0.1) is 13.8 Å². The number of fused-ring (bicyclic) bond motifs is 1. The molecule has 0 fully saturated rings. The molecule has 2 heterocycles. The number of aromatic nitrogens is 1. The van der Waals surface area contributed by atoms with Crippen molar-refractivity contribution in [1.82, 2.24) is 9.88 Å². The first-order valence-electron chi connectivity index (χ1n) is 7.86. The molecule has 0 radical (unpaired) electrons. The highest BCUT2D eigenvalue weighted by Crippen LogP contribution is 2.23. The smallest absolute Gasteiger partial charge is 0.336 e. The monoisotopic (exact) mass is 338 g/mol. The second-order valence-corrected chi connectivity index (χ2v) is 5.94. The van der Waals surface area contributed by atoms with Crippen LogP contribution in [0.4, 0.5) is 0 Å². The van der Waals surface area contributed by atoms with Gasteiger partial charge in [0.25, 0.3) is 11.5 Å². The van der Waals surface area contributed by atoms with E-state index in [1.807, 2.05) is 26.0 Å². The van der Waals surface area contributed by atoms with Gasteiger partial charge in [0.1, 0.15) is 5.58 Å². The minimum absolute atomic E-state index is 0.175. The van der Waals surface area contributed by atoms with Crippen LogP contribution in [0.3, 0.4) is 0 Å². The number of amides is 1. The number of hydrogen-bond donors (Lipinski definition) is 1. The maximum Gasteiger partial charge on any atom is 0.336 e. The Morgan fingerprint density at radius 2 is 1.92 bits per heavy atom. The first kappa shape index (κ1) is 16.7. The minimum atomic E-state index is -0.466. The normalized spacial score (nSPS) is 10.8. The Hall–Kier alpha value is -3.15. The summed E-state index contributed by atoms with van der Waals surface area (Å²) in [6, 6.07) is 8.03. The van der Waals surface area contributed by atoms with Gasteiger partial charge in [-0.05, 0) is 36.6 Å². The van der Waals surface area contributed by atoms with Gasteiger partial charge in [-0.3, -0.25) is 9.59 Å². The van der Waals surface area contributed by atoms with E-state index < -0.39 is 5.63 Å². The standard InChI is InChI=1S/C19H18N2O4/c1-11-4-6-15-14(8-17(23)25-18(15)12(11)2)10-21-9-13(19(24)20-3)5-7-16(21)22/h4-9H,10H2,1-3H3,(H,20,24). The average molecular weight is 338 g/mol. The lowest BCUT2D eigenvalue weighted by molar-refractivity contribution is 0.0962. The van der Waals surface area contributed by atoms with Crippen molar-refractivity contribution in [3.05, 3.63) is 79.6 Å². The van der Waals surface area contributed by atoms with Crippen LogP contribution in [-0.2, 0) is 6.54 Å². The lowest BCUT2D eigenvalue weighted by Crippen LogP contribution is -2.24. The summed E-state index contributed by atoms with van der Waals surface area (Å²) in [5, 5.41) is 3.30. The number of rotatable bonds is 3. The van der Waals surface area contributed by atoms with Crippen molar-refractivity contribution >= 4 is 16.9 Å². The van der Waals surface area contributed by atoms with Crippen molar-refractivity contribution in [2.24, 2.45) is 0 Å². The number of aryl methyl sites for hydroxylation is 2. The van der Waals surface area contributed by atoms with Crippen molar-refractivity contribution in [2.45, 2.75) is 20.4 Å². The average Bonchev–Trinajstić information content (AvgIpc) is 2.59. The third kappa shape index (κ3) is 3.10. The molecule has 0 spiro atoms. The molecular weight excluding hydrogens is 320 g/mol. The zero-order chi connectivity index (χ0) is 18.1. The van der Waals surface area contributed by atoms with Crippen molar-refractivity contribution in [1.29, 1.82) is 0 Å². The fourth-order valence-electron chi connectivity index (χ4n) is 2.77. The molecule has 1 aromatic carbocycles. The first-order valence-corrected chi connectivity index (χ1v) is 7.86. The van der Waals surface area contributed by atoms with E-state index in [2.05, 4.69) is 5.32 Å². The molecule has 128 valence electrons. The van der Waals surface area contributed by atoms with Crippen LogP contribution in [0.15, 0.2) is 50.5 Å². The molecule has 6 heteroatoms. The highest BCUT2D eigenvalue weighted by Gasteiger charge is 2.12. The highest BCUT2D eigenvalue weighted by atomic mass is 16.4. The van der Waals surface area contributed by atoms with E-state index in [4.69, 9.17) is 4.42 Å². The van der Waals surface area contributed by atoms with Gasteiger partial charge in [0, 0.05) is 30.8 Å². The van der Waals surface area contributed by atoms with Gasteiger partial charge in [-0.2, -0.15) is 0 Å². The number of nitrogens with zero attached hydrogens (tertiary/aromatic N) is 1. The number of benzene rings is 1. The maximum absolute atomic E-state index is 12.2. The molecule has 0 aliphatic carbocycles. The SMILES string of the molecule is CNC(=O)c1ccc(=O)n(Cc2cc(=O)oc3c(C)c(C)ccc23)c1. The predicted molar refractivity (Wildman–Crippen MR) is 95.2 cm³/mol. The van der Waals surface area contributed by atoms with Gasteiger partial charge < -0.3 is 14.3 Å². The van der Waals surface area contributed by atoms with E-state index in [1.165, 1.54) is 36.0 Å². The van der Waals surface area contributed by atoms with E-state index in [0.29, 0.717) is 16.7 Å². The number of hydrogen-bond acceptors (Lipinski definition) is 4. The molecule has 0 atom stereocenters. The summed E-state index contributed by atoms with van der Waals surface area (Å²) in [5.74, 6) is -0.280. The molecule has 3 rings (SSSR count). The van der Waals surface area contributed by atoms with Gasteiger partial charge in [-0.1, -0.05) is 12.1 Å². The fraction of sp³-hybridized carbons (Fsp3) is 0.211. The summed E-state index contributed by atoms with van der Waals surface area (Å²) < 4.78 is 6.76. The van der Waals surface area contributed by atoms with Crippen LogP contribution in [0.5, 0.6) is 0 Å². The van der Waals surface area contributed by atoms with Crippen LogP contribution < -0.4 is 16.5 Å². The van der Waals surface area contributed by atoms with Crippen molar-refractivity contribution < 1.29 is 9.21 Å². The summed E-state index contributed by atoms with van der Waals surface area (Å²) >= 11 is 0. The van der Waals surface area contributed by atoms with Gasteiger partial charge >= 0.3 is 5.63 Å². The molecule has 2 aromatic heterocycles. The molecule has 3 aromatic rings. The minimum Gasteiger partial charge on any atom is -0.422 e. The van der Waals surface area contributed by atoms with Crippen molar-refractivity contribution in [3.63, 3.8) is 0 Å². The molecule has 0 saturated heterocycles. The molecule has 6 nitrogen and oxygen atoms in total. The van der Waals surface area contributed by atoms with E-state index >= 15 is 0 Å². The van der Waals surface area contributed by atoms with Gasteiger partial charge in [0.05, 0.1) is 12.1 Å². The quantitative estimate of drug-likeness (QED) is 0.741. The Morgan fingerprint density at radius 1 is 1.16 bits per heavy atom. The van der Waals surface area contributed by atoms with Gasteiger partial charge in [0.15, 0.2) is 0 Å². The van der Waals surface area contributed by atoms with E-state index in [-0.39, 0.29) is 18.0 Å². The second-order valence-electron chi connectivity index (χ2n) is 5.94. The molecule has 0 saturated carbocycles. The second kappa shape index (κ2) is 6.39. The molecule has 1 N–H and O–H groups in total. The Labute approximate surface area is 143 Å².